The first-order valence-corrected chi connectivity index (χ1v) is 5.01. The van der Waals surface area contributed by atoms with E-state index in [2.05, 4.69) is 4.72 Å². The maximum atomic E-state index is 11.1. The van der Waals surface area contributed by atoms with E-state index < -0.39 is 16.1 Å². The monoisotopic (exact) mass is 174 g/mol. The second kappa shape index (κ2) is 2.80. The summed E-state index contributed by atoms with van der Waals surface area (Å²) >= 11 is 0. The van der Waals surface area contributed by atoms with Crippen molar-refractivity contribution in [1.29, 1.82) is 5.26 Å². The Morgan fingerprint density at radius 2 is 2.18 bits per heavy atom. The molecule has 0 heterocycles. The van der Waals surface area contributed by atoms with Crippen LogP contribution >= 0.6 is 0 Å². The van der Waals surface area contributed by atoms with Crippen molar-refractivity contribution in [2.75, 3.05) is 0 Å². The van der Waals surface area contributed by atoms with Crippen molar-refractivity contribution in [3.63, 3.8) is 0 Å². The van der Waals surface area contributed by atoms with E-state index in [9.17, 15) is 8.42 Å². The van der Waals surface area contributed by atoms with Crippen LogP contribution in [0.2, 0.25) is 0 Å². The third-order valence-corrected chi connectivity index (χ3v) is 3.53. The Balaban J connectivity index is 2.54. The van der Waals surface area contributed by atoms with E-state index in [0.717, 1.165) is 12.8 Å². The lowest BCUT2D eigenvalue weighted by Crippen LogP contribution is -2.33. The molecule has 0 aromatic heterocycles. The molecule has 11 heavy (non-hydrogen) atoms. The fraction of sp³-hybridized carbons (Fsp3) is 0.833. The molecule has 1 fully saturated rings. The maximum absolute atomic E-state index is 11.1. The van der Waals surface area contributed by atoms with E-state index in [4.69, 9.17) is 5.26 Å². The number of rotatable bonds is 3. The zero-order valence-corrected chi connectivity index (χ0v) is 7.06. The summed E-state index contributed by atoms with van der Waals surface area (Å²) in [7, 11) is -3.17. The Kier molecular flexibility index (Phi) is 2.16. The van der Waals surface area contributed by atoms with Crippen molar-refractivity contribution >= 4 is 10.0 Å². The molecule has 1 aliphatic carbocycles. The minimum absolute atomic E-state index is 0.238. The number of hydrogen-bond donors (Lipinski definition) is 1. The molecule has 0 aliphatic heterocycles. The second-order valence-electron chi connectivity index (χ2n) is 2.71. The molecule has 1 aliphatic rings. The first-order chi connectivity index (χ1) is 5.06. The van der Waals surface area contributed by atoms with Crippen LogP contribution in [0.3, 0.4) is 0 Å². The van der Waals surface area contributed by atoms with Gasteiger partial charge in [0.15, 0.2) is 0 Å². The van der Waals surface area contributed by atoms with Gasteiger partial charge < -0.3 is 0 Å². The van der Waals surface area contributed by atoms with Gasteiger partial charge in [0.25, 0.3) is 0 Å². The SMILES string of the molecule is C[C@@H](C#N)NS(=O)(=O)C1CC1. The smallest absolute Gasteiger partial charge is 0.212 e. The van der Waals surface area contributed by atoms with Crippen LogP contribution in [-0.4, -0.2) is 19.7 Å². The number of sulfonamides is 1. The molecule has 0 bridgehead atoms. The van der Waals surface area contributed by atoms with Crippen molar-refractivity contribution in [2.45, 2.75) is 31.1 Å². The highest BCUT2D eigenvalue weighted by Crippen LogP contribution is 2.27. The highest BCUT2D eigenvalue weighted by molar-refractivity contribution is 7.90. The van der Waals surface area contributed by atoms with Crippen LogP contribution in [0.4, 0.5) is 0 Å². The minimum Gasteiger partial charge on any atom is -0.212 e. The third kappa shape index (κ3) is 2.17. The standard InChI is InChI=1S/C6H10N2O2S/c1-5(4-7)8-11(9,10)6-2-3-6/h5-6,8H,2-3H2,1H3/t5-/m0/s1. The molecule has 0 aromatic carbocycles. The largest absolute Gasteiger partial charge is 0.215 e. The predicted octanol–water partition coefficient (Wildman–Crippen LogP) is -0.0197. The number of nitrogens with zero attached hydrogens (tertiary/aromatic N) is 1. The van der Waals surface area contributed by atoms with Crippen LogP contribution in [0.25, 0.3) is 0 Å². The van der Waals surface area contributed by atoms with E-state index >= 15 is 0 Å². The Morgan fingerprint density at radius 1 is 1.64 bits per heavy atom. The molecule has 4 nitrogen and oxygen atoms in total. The van der Waals surface area contributed by atoms with E-state index in [1.807, 2.05) is 6.07 Å². The lowest BCUT2D eigenvalue weighted by atomic mass is 10.4. The van der Waals surface area contributed by atoms with Crippen molar-refractivity contribution in [3.05, 3.63) is 0 Å². The molecule has 0 spiro atoms. The zero-order valence-electron chi connectivity index (χ0n) is 6.24. The second-order valence-corrected chi connectivity index (χ2v) is 4.71. The summed E-state index contributed by atoms with van der Waals surface area (Å²) in [5.74, 6) is 0. The van der Waals surface area contributed by atoms with Crippen molar-refractivity contribution in [1.82, 2.24) is 4.72 Å². The topological polar surface area (TPSA) is 70.0 Å². The van der Waals surface area contributed by atoms with Crippen molar-refractivity contribution < 1.29 is 8.42 Å². The van der Waals surface area contributed by atoms with Gasteiger partial charge >= 0.3 is 0 Å². The molecular formula is C6H10N2O2S. The lowest BCUT2D eigenvalue weighted by molar-refractivity contribution is 0.575. The summed E-state index contributed by atoms with van der Waals surface area (Å²) in [6, 6.07) is 1.20. The van der Waals surface area contributed by atoms with E-state index in [0.29, 0.717) is 0 Å². The molecule has 5 heteroatoms. The fourth-order valence-corrected chi connectivity index (χ4v) is 2.24. The first-order valence-electron chi connectivity index (χ1n) is 3.47. The van der Waals surface area contributed by atoms with Crippen molar-refractivity contribution in [3.8, 4) is 6.07 Å². The molecule has 1 N–H and O–H groups in total. The van der Waals surface area contributed by atoms with Gasteiger partial charge in [-0.05, 0) is 19.8 Å². The van der Waals surface area contributed by atoms with Gasteiger partial charge in [-0.2, -0.15) is 9.98 Å². The van der Waals surface area contributed by atoms with Gasteiger partial charge in [0.1, 0.15) is 6.04 Å². The molecule has 1 atom stereocenters. The van der Waals surface area contributed by atoms with E-state index in [1.165, 1.54) is 6.92 Å². The summed E-state index contributed by atoms with van der Waals surface area (Å²) in [6.45, 7) is 1.53. The van der Waals surface area contributed by atoms with Crippen LogP contribution in [0.5, 0.6) is 0 Å². The van der Waals surface area contributed by atoms with Gasteiger partial charge in [-0.3, -0.25) is 0 Å². The molecule has 0 saturated heterocycles. The molecule has 0 unspecified atom stereocenters. The van der Waals surface area contributed by atoms with Crippen LogP contribution < -0.4 is 4.72 Å². The minimum atomic E-state index is -3.17. The van der Waals surface area contributed by atoms with Crippen LogP contribution in [-0.2, 0) is 10.0 Å². The average Bonchev–Trinajstić information content (AvgIpc) is 2.66. The Hall–Kier alpha value is -0.600. The summed E-state index contributed by atoms with van der Waals surface area (Å²) < 4.78 is 24.5. The average molecular weight is 174 g/mol. The molecule has 0 amide bonds. The summed E-state index contributed by atoms with van der Waals surface area (Å²) in [5, 5.41) is 8.09. The Morgan fingerprint density at radius 3 is 2.55 bits per heavy atom. The lowest BCUT2D eigenvalue weighted by Gasteiger charge is -2.04. The molecule has 1 rings (SSSR count). The Labute approximate surface area is 66.3 Å². The highest BCUT2D eigenvalue weighted by Gasteiger charge is 2.36. The number of hydrogen-bond acceptors (Lipinski definition) is 3. The number of nitrogens with one attached hydrogen (secondary N) is 1. The molecule has 1 saturated carbocycles. The highest BCUT2D eigenvalue weighted by atomic mass is 32.2. The summed E-state index contributed by atoms with van der Waals surface area (Å²) in [5.41, 5.74) is 0. The van der Waals surface area contributed by atoms with Crippen LogP contribution in [0.1, 0.15) is 19.8 Å². The molecular weight excluding hydrogens is 164 g/mol. The van der Waals surface area contributed by atoms with Gasteiger partial charge in [-0.1, -0.05) is 0 Å². The molecule has 62 valence electrons. The van der Waals surface area contributed by atoms with Gasteiger partial charge in [-0.15, -0.1) is 0 Å². The van der Waals surface area contributed by atoms with E-state index in [-0.39, 0.29) is 5.25 Å². The predicted molar refractivity (Wildman–Crippen MR) is 40.2 cm³/mol. The van der Waals surface area contributed by atoms with Gasteiger partial charge in [0.2, 0.25) is 10.0 Å². The third-order valence-electron chi connectivity index (χ3n) is 1.50. The van der Waals surface area contributed by atoms with E-state index in [1.54, 1.807) is 0 Å². The fourth-order valence-electron chi connectivity index (χ4n) is 0.747. The first kappa shape index (κ1) is 8.50. The van der Waals surface area contributed by atoms with Gasteiger partial charge in [0.05, 0.1) is 11.3 Å². The quantitative estimate of drug-likeness (QED) is 0.653. The molecule has 0 aromatic rings. The van der Waals surface area contributed by atoms with Crippen molar-refractivity contribution in [2.24, 2.45) is 0 Å². The van der Waals surface area contributed by atoms with Gasteiger partial charge in [0, 0.05) is 0 Å². The van der Waals surface area contributed by atoms with Crippen LogP contribution in [0, 0.1) is 11.3 Å². The zero-order chi connectivity index (χ0) is 8.48. The maximum Gasteiger partial charge on any atom is 0.215 e. The summed E-state index contributed by atoms with van der Waals surface area (Å²) in [4.78, 5) is 0. The number of nitriles is 1. The van der Waals surface area contributed by atoms with Gasteiger partial charge in [-0.25, -0.2) is 8.42 Å². The molecule has 0 radical (unpaired) electrons. The van der Waals surface area contributed by atoms with Crippen LogP contribution in [0.15, 0.2) is 0 Å². The Bertz CT molecular complexity index is 273. The summed E-state index contributed by atoms with van der Waals surface area (Å²) in [6.07, 6.45) is 1.46. The normalized spacial score (nSPS) is 20.7.